The van der Waals surface area contributed by atoms with Gasteiger partial charge in [-0.05, 0) is 205 Å². The SMILES string of the molecule is Cc1ccccc1N1C2CC(C)(c3c2ccn3C)C1C.Cc1ccccc1N1C2CC(C)(c3cn(C)cc32)C1C.Cc1ccccc1N1C2CC(C)(c3cocc32)C1C.Cc1ccccc1N1C2CC(C)(c3occc32)C1C.Cc1ccccc1N1C2CC(C)(c3sccc32)C1C. The van der Waals surface area contributed by atoms with Crippen LogP contribution in [0.2, 0.25) is 0 Å². The Morgan fingerprint density at radius 3 is 1.28 bits per heavy atom. The average molecular weight is 1310 g/mol. The lowest BCUT2D eigenvalue weighted by Gasteiger charge is -2.40. The van der Waals surface area contributed by atoms with Crippen LogP contribution in [0.4, 0.5) is 28.4 Å². The van der Waals surface area contributed by atoms with E-state index in [0.717, 1.165) is 0 Å². The molecule has 5 aliphatic heterocycles. The van der Waals surface area contributed by atoms with Crippen LogP contribution in [0, 0.1) is 34.6 Å². The smallest absolute Gasteiger partial charge is 0.117 e. The van der Waals surface area contributed by atoms with Crippen molar-refractivity contribution in [2.24, 2.45) is 14.1 Å². The van der Waals surface area contributed by atoms with Crippen LogP contribution in [0.1, 0.15) is 215 Å². The van der Waals surface area contributed by atoms with Crippen LogP contribution in [-0.4, -0.2) is 39.3 Å². The van der Waals surface area contributed by atoms with Gasteiger partial charge in [-0.25, -0.2) is 0 Å². The number of fused-ring (bicyclic) bond motifs is 25. The molecule has 0 radical (unpaired) electrons. The van der Waals surface area contributed by atoms with Crippen LogP contribution in [0.25, 0.3) is 0 Å². The van der Waals surface area contributed by atoms with E-state index in [0.29, 0.717) is 71.2 Å². The Hall–Kier alpha value is -8.08. The van der Waals surface area contributed by atoms with Crippen LogP contribution in [0.5, 0.6) is 0 Å². The van der Waals surface area contributed by atoms with Crippen molar-refractivity contribution in [2.75, 3.05) is 24.5 Å². The van der Waals surface area contributed by atoms with E-state index in [9.17, 15) is 0 Å². The van der Waals surface area contributed by atoms with Crippen LogP contribution >= 0.6 is 11.3 Å². The van der Waals surface area contributed by atoms with Crippen molar-refractivity contribution in [3.8, 4) is 0 Å². The molecule has 10 bridgehead atoms. The number of aryl methyl sites for hydroxylation is 7. The van der Waals surface area contributed by atoms with Gasteiger partial charge in [-0.3, -0.25) is 0 Å². The van der Waals surface area contributed by atoms with E-state index in [2.05, 4.69) is 315 Å². The predicted molar refractivity (Wildman–Crippen MR) is 402 cm³/mol. The molecule has 10 aromatic rings. The molecule has 0 saturated carbocycles. The maximum Gasteiger partial charge on any atom is 0.117 e. The monoisotopic (exact) mass is 1310 g/mol. The standard InChI is InChI=1S/2C18H22N2.2C17H19NO.C17H19NS/c1-12-7-5-6-8-16(12)20-13(2)18(3)9-17(20)14-10-19(4)11-15(14)18;1-12-7-5-6-8-15(12)20-13(2)18(3)11-16(20)14-9-10-19(4)17(14)18;1-11-6-4-5-7-15(11)18-12(2)17(3)8-16(18)13-9-19-10-14(13)17;2*1-11-6-4-5-7-14(11)18-12(2)17(3)10-15(18)13-8-9-19-16(13)17/h5-8,10-11,13,17H,9H2,1-4H3;5-10,13,16H,11H2,1-4H3;4-7,9-10,12,16H,8H2,1-3H3;2*4-9,12,15H,10H2,1-3H3. The first-order valence-corrected chi connectivity index (χ1v) is 37.1. The summed E-state index contributed by atoms with van der Waals surface area (Å²) in [6.07, 6.45) is 18.8. The Kier molecular flexibility index (Phi) is 14.9. The molecule has 15 atom stereocenters. The van der Waals surface area contributed by atoms with Crippen molar-refractivity contribution in [2.45, 2.75) is 223 Å². The third-order valence-corrected chi connectivity index (χ3v) is 28.4. The Morgan fingerprint density at radius 1 is 0.381 bits per heavy atom. The van der Waals surface area contributed by atoms with Crippen LogP contribution in [0.3, 0.4) is 0 Å². The van der Waals surface area contributed by atoms with Crippen molar-refractivity contribution >= 4 is 39.8 Å². The number of benzene rings is 5. The summed E-state index contributed by atoms with van der Waals surface area (Å²) in [4.78, 5) is 14.8. The highest BCUT2D eigenvalue weighted by Gasteiger charge is 2.61. The van der Waals surface area contributed by atoms with E-state index in [1.807, 2.05) is 30.1 Å². The number of thiophene rings is 1. The largest absolute Gasteiger partial charge is 0.472 e. The molecule has 5 aromatic carbocycles. The lowest BCUT2D eigenvalue weighted by Crippen LogP contribution is -2.43. The molecule has 0 spiro atoms. The van der Waals surface area contributed by atoms with Crippen LogP contribution in [-0.2, 0) is 41.2 Å². The van der Waals surface area contributed by atoms with Gasteiger partial charge in [0.2, 0.25) is 0 Å². The summed E-state index contributed by atoms with van der Waals surface area (Å²) in [7, 11) is 4.33. The van der Waals surface area contributed by atoms with Gasteiger partial charge < -0.3 is 42.5 Å². The van der Waals surface area contributed by atoms with E-state index in [1.54, 1.807) is 21.7 Å². The minimum Gasteiger partial charge on any atom is -0.472 e. The Balaban J connectivity index is 0.0000000951. The summed E-state index contributed by atoms with van der Waals surface area (Å²) in [5.41, 5.74) is 27.1. The number of nitrogens with zero attached hydrogens (tertiary/aromatic N) is 7. The average Bonchev–Trinajstić information content (AvgIpc) is 1.58. The molecule has 5 aromatic heterocycles. The first kappa shape index (κ1) is 63.6. The molecule has 15 unspecified atom stereocenters. The highest BCUT2D eigenvalue weighted by Crippen LogP contribution is 2.65. The lowest BCUT2D eigenvalue weighted by atomic mass is 9.79. The van der Waals surface area contributed by atoms with Gasteiger partial charge in [0.1, 0.15) is 5.76 Å². The number of anilines is 5. The summed E-state index contributed by atoms with van der Waals surface area (Å²) in [5.74, 6) is 1.22. The van der Waals surface area contributed by atoms with Crippen molar-refractivity contribution in [3.63, 3.8) is 0 Å². The van der Waals surface area contributed by atoms with E-state index in [4.69, 9.17) is 8.83 Å². The fraction of sp³-hybridized carbons (Fsp3) is 0.425. The molecule has 9 nitrogen and oxygen atoms in total. The topological polar surface area (TPSA) is 52.3 Å². The van der Waals surface area contributed by atoms with Gasteiger partial charge in [0.25, 0.3) is 0 Å². The van der Waals surface area contributed by atoms with Crippen LogP contribution in [0.15, 0.2) is 191 Å². The second-order valence-electron chi connectivity index (χ2n) is 32.2. The zero-order chi connectivity index (χ0) is 67.7. The number of hydrogen-bond donors (Lipinski definition) is 0. The van der Waals surface area contributed by atoms with Gasteiger partial charge in [-0.15, -0.1) is 11.3 Å². The maximum absolute atomic E-state index is 5.77. The Labute approximate surface area is 581 Å². The van der Waals surface area contributed by atoms with Crippen molar-refractivity contribution < 1.29 is 8.83 Å². The second kappa shape index (κ2) is 22.7. The molecule has 10 aliphatic rings. The van der Waals surface area contributed by atoms with Gasteiger partial charge in [-0.2, -0.15) is 0 Å². The number of para-hydroxylation sites is 5. The van der Waals surface area contributed by atoms with Crippen molar-refractivity contribution in [3.05, 3.63) is 265 Å². The minimum atomic E-state index is 0.159. The quantitative estimate of drug-likeness (QED) is 0.170. The number of rotatable bonds is 5. The van der Waals surface area contributed by atoms with E-state index < -0.39 is 0 Å². The van der Waals surface area contributed by atoms with Gasteiger partial charge in [-0.1, -0.05) is 126 Å². The first-order valence-electron chi connectivity index (χ1n) is 36.2. The van der Waals surface area contributed by atoms with Gasteiger partial charge in [0.05, 0.1) is 49.0 Å². The molecule has 10 heterocycles. The third kappa shape index (κ3) is 9.11. The lowest BCUT2D eigenvalue weighted by molar-refractivity contribution is 0.349. The van der Waals surface area contributed by atoms with E-state index >= 15 is 0 Å². The summed E-state index contributed by atoms with van der Waals surface area (Å²) in [6.45, 7) is 35.0. The van der Waals surface area contributed by atoms with Gasteiger partial charge >= 0.3 is 0 Å². The molecule has 0 N–H and O–H groups in total. The highest BCUT2D eigenvalue weighted by atomic mass is 32.1. The highest BCUT2D eigenvalue weighted by molar-refractivity contribution is 7.10. The van der Waals surface area contributed by atoms with Gasteiger partial charge in [0.15, 0.2) is 0 Å². The number of furan rings is 2. The molecule has 0 amide bonds. The molecule has 5 fully saturated rings. The van der Waals surface area contributed by atoms with Gasteiger partial charge in [0, 0.05) is 146 Å². The van der Waals surface area contributed by atoms with Crippen LogP contribution < -0.4 is 24.5 Å². The zero-order valence-corrected chi connectivity index (χ0v) is 61.3. The zero-order valence-electron chi connectivity index (χ0n) is 60.5. The third-order valence-electron chi connectivity index (χ3n) is 27.2. The van der Waals surface area contributed by atoms with Crippen molar-refractivity contribution in [1.29, 1.82) is 0 Å². The first-order chi connectivity index (χ1) is 46.4. The molecular weight excluding hydrogens is 1210 g/mol. The fourth-order valence-corrected chi connectivity index (χ4v) is 22.4. The normalized spacial score (nSPS) is 31.5. The molecular formula is C87H101N7O2S. The molecule has 502 valence electrons. The summed E-state index contributed by atoms with van der Waals surface area (Å²) < 4.78 is 15.8. The molecule has 97 heavy (non-hydrogen) atoms. The van der Waals surface area contributed by atoms with E-state index in [1.165, 1.54) is 122 Å². The maximum atomic E-state index is 5.77. The molecule has 5 saturated heterocycles. The van der Waals surface area contributed by atoms with Crippen molar-refractivity contribution in [1.82, 2.24) is 9.13 Å². The van der Waals surface area contributed by atoms with E-state index in [-0.39, 0.29) is 16.2 Å². The summed E-state index contributed by atoms with van der Waals surface area (Å²) in [6, 6.07) is 56.0. The predicted octanol–water partition coefficient (Wildman–Crippen LogP) is 21.0. The number of aromatic nitrogens is 2. The fourth-order valence-electron chi connectivity index (χ4n) is 21.2. The number of hydrogen-bond acceptors (Lipinski definition) is 8. The molecule has 5 aliphatic carbocycles. The Bertz CT molecular complexity index is 4340. The summed E-state index contributed by atoms with van der Waals surface area (Å²) in [5, 5.41) is 2.27. The molecule has 20 rings (SSSR count). The Morgan fingerprint density at radius 2 is 0.773 bits per heavy atom. The minimum absolute atomic E-state index is 0.159. The molecule has 10 heteroatoms. The second-order valence-corrected chi connectivity index (χ2v) is 33.1. The summed E-state index contributed by atoms with van der Waals surface area (Å²) >= 11 is 1.95.